The molecular weight excluding hydrogens is 251 g/mol. The second kappa shape index (κ2) is 6.36. The number of carboxylic acids is 1. The van der Waals surface area contributed by atoms with Gasteiger partial charge in [-0.05, 0) is 6.07 Å². The summed E-state index contributed by atoms with van der Waals surface area (Å²) in [4.78, 5) is 17.2. The van der Waals surface area contributed by atoms with E-state index < -0.39 is 12.6 Å². The van der Waals surface area contributed by atoms with Gasteiger partial charge >= 0.3 is 51.4 Å². The Labute approximate surface area is 140 Å². The Hall–Kier alpha value is -0.604. The first-order valence-electron chi connectivity index (χ1n) is 4.55. The number of aliphatic carboxylic acids is 1. The molecule has 0 aliphatic rings. The van der Waals surface area contributed by atoms with E-state index in [0.29, 0.717) is 22.5 Å². The van der Waals surface area contributed by atoms with Crippen LogP contribution in [0.4, 0.5) is 0 Å². The molecule has 0 atom stereocenters. The second-order valence-electron chi connectivity index (χ2n) is 3.06. The number of nitrogens with zero attached hydrogens (tertiary/aromatic N) is 1. The number of hydrogen-bond acceptors (Lipinski definition) is 5. The maximum Gasteiger partial charge on any atom is 1.00 e. The molecule has 0 bridgehead atoms. The Morgan fingerprint density at radius 3 is 3.00 bits per heavy atom. The van der Waals surface area contributed by atoms with Gasteiger partial charge in [-0.2, -0.15) is 0 Å². The number of pyridine rings is 1. The molecule has 0 aromatic carbocycles. The van der Waals surface area contributed by atoms with E-state index >= 15 is 0 Å². The number of ether oxygens (including phenoxy) is 2. The normalized spacial score (nSPS) is 9.71. The van der Waals surface area contributed by atoms with Crippen LogP contribution in [0.3, 0.4) is 0 Å². The van der Waals surface area contributed by atoms with Crippen LogP contribution in [-0.2, 0) is 4.79 Å². The van der Waals surface area contributed by atoms with Crippen molar-refractivity contribution in [3.63, 3.8) is 0 Å². The largest absolute Gasteiger partial charge is 1.00 e. The Morgan fingerprint density at radius 1 is 1.59 bits per heavy atom. The number of carbonyl (C=O) groups is 1. The van der Waals surface area contributed by atoms with Crippen LogP contribution in [0.5, 0.6) is 11.6 Å². The number of H-pyrrole nitrogens is 1. The molecule has 0 spiro atoms. The van der Waals surface area contributed by atoms with Crippen LogP contribution >= 0.6 is 0 Å². The molecule has 17 heavy (non-hydrogen) atoms. The van der Waals surface area contributed by atoms with Gasteiger partial charge in [-0.1, -0.05) is 0 Å². The first kappa shape index (κ1) is 14.5. The molecule has 0 radical (unpaired) electrons. The maximum atomic E-state index is 10.3. The Balaban J connectivity index is 0.00000144. The number of carbonyl (C=O) groups excluding carboxylic acids is 1. The molecule has 2 rings (SSSR count). The van der Waals surface area contributed by atoms with Crippen LogP contribution in [0.2, 0.25) is 0 Å². The molecule has 2 heterocycles. The van der Waals surface area contributed by atoms with E-state index in [9.17, 15) is 9.90 Å². The van der Waals surface area contributed by atoms with Crippen LogP contribution in [0.15, 0.2) is 18.5 Å². The molecule has 0 unspecified atom stereocenters. The number of methoxy groups -OCH3 is 1. The summed E-state index contributed by atoms with van der Waals surface area (Å²) in [5.74, 6) is -0.406. The maximum absolute atomic E-state index is 10.3. The van der Waals surface area contributed by atoms with Crippen LogP contribution < -0.4 is 66.0 Å². The van der Waals surface area contributed by atoms with E-state index in [2.05, 4.69) is 9.97 Å². The third kappa shape index (κ3) is 3.20. The minimum atomic E-state index is -1.27. The van der Waals surface area contributed by atoms with Gasteiger partial charge in [0.25, 0.3) is 0 Å². The summed E-state index contributed by atoms with van der Waals surface area (Å²) >= 11 is 0. The molecule has 0 amide bonds. The fourth-order valence-electron chi connectivity index (χ4n) is 1.41. The molecule has 84 valence electrons. The van der Waals surface area contributed by atoms with Gasteiger partial charge < -0.3 is 24.4 Å². The zero-order valence-electron chi connectivity index (χ0n) is 9.52. The predicted molar refractivity (Wildman–Crippen MR) is 53.1 cm³/mol. The van der Waals surface area contributed by atoms with E-state index in [-0.39, 0.29) is 51.4 Å². The fraction of sp³-hybridized carbons (Fsp3) is 0.200. The smallest absolute Gasteiger partial charge is 0.546 e. The quantitative estimate of drug-likeness (QED) is 0.582. The molecule has 7 heteroatoms. The molecule has 2 aromatic rings. The zero-order chi connectivity index (χ0) is 11.5. The van der Waals surface area contributed by atoms with Crippen molar-refractivity contribution in [2.75, 3.05) is 13.7 Å². The molecule has 2 aromatic heterocycles. The van der Waals surface area contributed by atoms with Gasteiger partial charge in [0.1, 0.15) is 17.9 Å². The average Bonchev–Trinajstić information content (AvgIpc) is 2.69. The third-order valence-electron chi connectivity index (χ3n) is 2.07. The average molecular weight is 260 g/mol. The van der Waals surface area contributed by atoms with E-state index in [1.807, 2.05) is 0 Å². The molecule has 0 fully saturated rings. The van der Waals surface area contributed by atoms with Crippen molar-refractivity contribution in [3.05, 3.63) is 18.5 Å². The molecule has 6 nitrogen and oxygen atoms in total. The number of nitrogens with one attached hydrogen (secondary N) is 1. The summed E-state index contributed by atoms with van der Waals surface area (Å²) in [5, 5.41) is 11.0. The number of fused-ring (bicyclic) bond motifs is 1. The van der Waals surface area contributed by atoms with Crippen LogP contribution in [0, 0.1) is 0 Å². The monoisotopic (exact) mass is 260 g/mol. The molecule has 0 saturated carbocycles. The van der Waals surface area contributed by atoms with Crippen molar-refractivity contribution in [2.45, 2.75) is 0 Å². The Morgan fingerprint density at radius 2 is 2.35 bits per heavy atom. The van der Waals surface area contributed by atoms with Crippen LogP contribution in [0.25, 0.3) is 10.9 Å². The summed E-state index contributed by atoms with van der Waals surface area (Å²) in [5.41, 5.74) is 0.665. The van der Waals surface area contributed by atoms with Gasteiger partial charge in [0.15, 0.2) is 0 Å². The van der Waals surface area contributed by atoms with Gasteiger partial charge in [0, 0.05) is 17.8 Å². The van der Waals surface area contributed by atoms with E-state index in [1.165, 1.54) is 7.11 Å². The number of rotatable bonds is 4. The van der Waals surface area contributed by atoms with Gasteiger partial charge in [-0.25, -0.2) is 4.98 Å². The van der Waals surface area contributed by atoms with Crippen molar-refractivity contribution in [2.24, 2.45) is 0 Å². The SMILES string of the molecule is COc1nccc2c(OCC(=O)[O-])c[nH]c12.[K+]. The minimum absolute atomic E-state index is 0. The Kier molecular flexibility index (Phi) is 5.41. The summed E-state index contributed by atoms with van der Waals surface area (Å²) < 4.78 is 10.1. The summed E-state index contributed by atoms with van der Waals surface area (Å²) in [6.07, 6.45) is 3.11. The predicted octanol–water partition coefficient (Wildman–Crippen LogP) is -3.30. The minimum Gasteiger partial charge on any atom is -0.546 e. The standard InChI is InChI=1S/C10H10N2O4.K/c1-15-10-9-6(2-3-11-10)7(4-12-9)16-5-8(13)14;/h2-4,12H,5H2,1H3,(H,13,14);/q;+1/p-1. The van der Waals surface area contributed by atoms with Crippen molar-refractivity contribution in [1.29, 1.82) is 0 Å². The number of carboxylic acid groups (broad SMARTS) is 1. The van der Waals surface area contributed by atoms with Crippen molar-refractivity contribution in [1.82, 2.24) is 9.97 Å². The first-order valence-corrected chi connectivity index (χ1v) is 4.55. The fourth-order valence-corrected chi connectivity index (χ4v) is 1.41. The summed E-state index contributed by atoms with van der Waals surface area (Å²) in [6.45, 7) is -0.489. The van der Waals surface area contributed by atoms with Crippen molar-refractivity contribution >= 4 is 16.9 Å². The van der Waals surface area contributed by atoms with Gasteiger partial charge in [0.05, 0.1) is 13.1 Å². The number of hydrogen-bond donors (Lipinski definition) is 1. The Bertz CT molecular complexity index is 526. The molecule has 1 N–H and O–H groups in total. The van der Waals surface area contributed by atoms with E-state index in [0.717, 1.165) is 0 Å². The van der Waals surface area contributed by atoms with Crippen molar-refractivity contribution in [3.8, 4) is 11.6 Å². The third-order valence-corrected chi connectivity index (χ3v) is 2.07. The first-order chi connectivity index (χ1) is 7.72. The molecular formula is C10H9KN2O4. The zero-order valence-corrected chi connectivity index (χ0v) is 12.6. The summed E-state index contributed by atoms with van der Waals surface area (Å²) in [7, 11) is 1.50. The van der Waals surface area contributed by atoms with E-state index in [4.69, 9.17) is 9.47 Å². The molecule has 0 aliphatic heterocycles. The number of aromatic amines is 1. The second-order valence-corrected chi connectivity index (χ2v) is 3.06. The topological polar surface area (TPSA) is 87.3 Å². The van der Waals surface area contributed by atoms with Crippen molar-refractivity contribution < 1.29 is 70.8 Å². The van der Waals surface area contributed by atoms with E-state index in [1.54, 1.807) is 18.5 Å². The van der Waals surface area contributed by atoms with Gasteiger partial charge in [-0.3, -0.25) is 0 Å². The van der Waals surface area contributed by atoms with Gasteiger partial charge in [0.2, 0.25) is 5.88 Å². The van der Waals surface area contributed by atoms with Crippen LogP contribution in [-0.4, -0.2) is 29.7 Å². The number of aromatic nitrogens is 2. The van der Waals surface area contributed by atoms with Crippen LogP contribution in [0.1, 0.15) is 0 Å². The van der Waals surface area contributed by atoms with Gasteiger partial charge in [-0.15, -0.1) is 0 Å². The molecule has 0 saturated heterocycles. The molecule has 0 aliphatic carbocycles. The summed E-state index contributed by atoms with van der Waals surface area (Å²) in [6, 6.07) is 1.71.